The smallest absolute Gasteiger partial charge is 0.0341 e. The average molecular weight is 277 g/mol. The van der Waals surface area contributed by atoms with Gasteiger partial charge in [0.15, 0.2) is 0 Å². The summed E-state index contributed by atoms with van der Waals surface area (Å²) in [6.07, 6.45) is 4.69. The van der Waals surface area contributed by atoms with Crippen molar-refractivity contribution in [1.29, 1.82) is 0 Å². The van der Waals surface area contributed by atoms with Crippen LogP contribution in [-0.4, -0.2) is 11.5 Å². The van der Waals surface area contributed by atoms with Crippen LogP contribution in [0.3, 0.4) is 0 Å². The minimum atomic E-state index is 0.924. The SMILES string of the molecule is Brc1ccc(NCCc2cccnc2)cc1. The van der Waals surface area contributed by atoms with Gasteiger partial charge in [0.2, 0.25) is 0 Å². The van der Waals surface area contributed by atoms with Gasteiger partial charge in [-0.05, 0) is 42.3 Å². The molecule has 0 aliphatic heterocycles. The van der Waals surface area contributed by atoms with Gasteiger partial charge in [-0.25, -0.2) is 0 Å². The topological polar surface area (TPSA) is 24.9 Å². The Labute approximate surface area is 104 Å². The maximum absolute atomic E-state index is 4.09. The Kier molecular flexibility index (Phi) is 3.94. The van der Waals surface area contributed by atoms with E-state index in [0.29, 0.717) is 0 Å². The van der Waals surface area contributed by atoms with Gasteiger partial charge in [-0.1, -0.05) is 22.0 Å². The van der Waals surface area contributed by atoms with Gasteiger partial charge in [0.05, 0.1) is 0 Å². The molecule has 1 heterocycles. The van der Waals surface area contributed by atoms with Gasteiger partial charge in [-0.3, -0.25) is 4.98 Å². The van der Waals surface area contributed by atoms with Crippen LogP contribution in [0.1, 0.15) is 5.56 Å². The van der Waals surface area contributed by atoms with Gasteiger partial charge in [-0.2, -0.15) is 0 Å². The quantitative estimate of drug-likeness (QED) is 0.925. The Morgan fingerprint density at radius 2 is 1.94 bits per heavy atom. The second-order valence-electron chi connectivity index (χ2n) is 3.54. The second kappa shape index (κ2) is 5.66. The normalized spacial score (nSPS) is 10.1. The molecule has 0 atom stereocenters. The van der Waals surface area contributed by atoms with Crippen molar-refractivity contribution in [3.63, 3.8) is 0 Å². The first-order valence-electron chi connectivity index (χ1n) is 5.23. The molecule has 0 amide bonds. The third-order valence-corrected chi connectivity index (χ3v) is 2.84. The van der Waals surface area contributed by atoms with E-state index in [0.717, 1.165) is 23.1 Å². The molecule has 2 nitrogen and oxygen atoms in total. The van der Waals surface area contributed by atoms with Gasteiger partial charge in [0, 0.05) is 29.1 Å². The molecular weight excluding hydrogens is 264 g/mol. The molecule has 3 heteroatoms. The Morgan fingerprint density at radius 1 is 1.12 bits per heavy atom. The first kappa shape index (κ1) is 11.1. The molecule has 0 radical (unpaired) electrons. The van der Waals surface area contributed by atoms with Crippen LogP contribution in [0.5, 0.6) is 0 Å². The Hall–Kier alpha value is -1.35. The van der Waals surface area contributed by atoms with E-state index in [1.807, 2.05) is 24.4 Å². The second-order valence-corrected chi connectivity index (χ2v) is 4.46. The summed E-state index contributed by atoms with van der Waals surface area (Å²) in [6.45, 7) is 0.924. The van der Waals surface area contributed by atoms with Crippen LogP contribution in [0.2, 0.25) is 0 Å². The number of benzene rings is 1. The Balaban J connectivity index is 1.82. The molecule has 0 bridgehead atoms. The van der Waals surface area contributed by atoms with E-state index in [1.54, 1.807) is 6.20 Å². The summed E-state index contributed by atoms with van der Waals surface area (Å²) in [7, 11) is 0. The zero-order chi connectivity index (χ0) is 11.2. The predicted molar refractivity (Wildman–Crippen MR) is 70.6 cm³/mol. The van der Waals surface area contributed by atoms with E-state index in [1.165, 1.54) is 5.56 Å². The van der Waals surface area contributed by atoms with Crippen molar-refractivity contribution in [2.45, 2.75) is 6.42 Å². The molecule has 0 saturated heterocycles. The highest BCUT2D eigenvalue weighted by Crippen LogP contribution is 2.13. The zero-order valence-corrected chi connectivity index (χ0v) is 10.4. The van der Waals surface area contributed by atoms with E-state index in [9.17, 15) is 0 Å². The molecule has 0 aliphatic rings. The summed E-state index contributed by atoms with van der Waals surface area (Å²) in [6, 6.07) is 12.3. The van der Waals surface area contributed by atoms with Crippen LogP contribution in [0, 0.1) is 0 Å². The number of hydrogen-bond acceptors (Lipinski definition) is 2. The van der Waals surface area contributed by atoms with Crippen molar-refractivity contribution in [3.05, 3.63) is 58.8 Å². The largest absolute Gasteiger partial charge is 0.385 e. The first-order valence-corrected chi connectivity index (χ1v) is 6.02. The highest BCUT2D eigenvalue weighted by molar-refractivity contribution is 9.10. The molecule has 2 rings (SSSR count). The van der Waals surface area contributed by atoms with Crippen molar-refractivity contribution < 1.29 is 0 Å². The van der Waals surface area contributed by atoms with Crippen molar-refractivity contribution in [3.8, 4) is 0 Å². The van der Waals surface area contributed by atoms with Gasteiger partial charge in [0.1, 0.15) is 0 Å². The van der Waals surface area contributed by atoms with E-state index >= 15 is 0 Å². The van der Waals surface area contributed by atoms with Crippen LogP contribution in [-0.2, 0) is 6.42 Å². The molecule has 2 aromatic rings. The van der Waals surface area contributed by atoms with Gasteiger partial charge in [0.25, 0.3) is 0 Å². The summed E-state index contributed by atoms with van der Waals surface area (Å²) in [4.78, 5) is 4.09. The van der Waals surface area contributed by atoms with Crippen LogP contribution in [0.25, 0.3) is 0 Å². The summed E-state index contributed by atoms with van der Waals surface area (Å²) >= 11 is 3.41. The third kappa shape index (κ3) is 3.35. The minimum absolute atomic E-state index is 0.924. The molecule has 1 N–H and O–H groups in total. The number of rotatable bonds is 4. The Morgan fingerprint density at radius 3 is 2.62 bits per heavy atom. The fourth-order valence-corrected chi connectivity index (χ4v) is 1.73. The van der Waals surface area contributed by atoms with Crippen LogP contribution in [0.4, 0.5) is 5.69 Å². The fraction of sp³-hybridized carbons (Fsp3) is 0.154. The first-order chi connectivity index (χ1) is 7.84. The zero-order valence-electron chi connectivity index (χ0n) is 8.86. The average Bonchev–Trinajstić information content (AvgIpc) is 2.33. The van der Waals surface area contributed by atoms with E-state index in [4.69, 9.17) is 0 Å². The van der Waals surface area contributed by atoms with Crippen molar-refractivity contribution >= 4 is 21.6 Å². The van der Waals surface area contributed by atoms with Crippen LogP contribution < -0.4 is 5.32 Å². The van der Waals surface area contributed by atoms with E-state index < -0.39 is 0 Å². The van der Waals surface area contributed by atoms with E-state index in [2.05, 4.69) is 44.4 Å². The minimum Gasteiger partial charge on any atom is -0.385 e. The fourth-order valence-electron chi connectivity index (χ4n) is 1.46. The molecule has 82 valence electrons. The Bertz CT molecular complexity index is 425. The monoisotopic (exact) mass is 276 g/mol. The molecule has 0 spiro atoms. The third-order valence-electron chi connectivity index (χ3n) is 2.31. The standard InChI is InChI=1S/C13H13BrN2/c14-12-3-5-13(6-4-12)16-9-7-11-2-1-8-15-10-11/h1-6,8,10,16H,7,9H2. The number of halogens is 1. The molecular formula is C13H13BrN2. The molecule has 16 heavy (non-hydrogen) atoms. The lowest BCUT2D eigenvalue weighted by Gasteiger charge is -2.06. The van der Waals surface area contributed by atoms with Gasteiger partial charge in [-0.15, -0.1) is 0 Å². The number of nitrogens with zero attached hydrogens (tertiary/aromatic N) is 1. The number of hydrogen-bond donors (Lipinski definition) is 1. The maximum atomic E-state index is 4.09. The lowest BCUT2D eigenvalue weighted by molar-refractivity contribution is 1.01. The molecule has 1 aromatic carbocycles. The molecule has 0 unspecified atom stereocenters. The molecule has 0 fully saturated rings. The summed E-state index contributed by atoms with van der Waals surface area (Å²) < 4.78 is 1.10. The van der Waals surface area contributed by atoms with Crippen molar-refractivity contribution in [1.82, 2.24) is 4.98 Å². The van der Waals surface area contributed by atoms with Crippen molar-refractivity contribution in [2.24, 2.45) is 0 Å². The maximum Gasteiger partial charge on any atom is 0.0341 e. The van der Waals surface area contributed by atoms with E-state index in [-0.39, 0.29) is 0 Å². The number of anilines is 1. The predicted octanol–water partition coefficient (Wildman–Crippen LogP) is 3.50. The number of pyridine rings is 1. The molecule has 1 aromatic heterocycles. The van der Waals surface area contributed by atoms with Gasteiger partial charge < -0.3 is 5.32 Å². The lowest BCUT2D eigenvalue weighted by atomic mass is 10.2. The van der Waals surface area contributed by atoms with Crippen LogP contribution >= 0.6 is 15.9 Å². The summed E-state index contributed by atoms with van der Waals surface area (Å²) in [5, 5.41) is 3.37. The summed E-state index contributed by atoms with van der Waals surface area (Å²) in [5.74, 6) is 0. The van der Waals surface area contributed by atoms with Crippen molar-refractivity contribution in [2.75, 3.05) is 11.9 Å². The highest BCUT2D eigenvalue weighted by Gasteiger charge is 1.93. The number of aromatic nitrogens is 1. The highest BCUT2D eigenvalue weighted by atomic mass is 79.9. The molecule has 0 saturated carbocycles. The summed E-state index contributed by atoms with van der Waals surface area (Å²) in [5.41, 5.74) is 2.40. The van der Waals surface area contributed by atoms with Crippen LogP contribution in [0.15, 0.2) is 53.3 Å². The van der Waals surface area contributed by atoms with Gasteiger partial charge >= 0.3 is 0 Å². The molecule has 0 aliphatic carbocycles. The lowest BCUT2D eigenvalue weighted by Crippen LogP contribution is -2.04. The number of nitrogens with one attached hydrogen (secondary N) is 1.